The van der Waals surface area contributed by atoms with Gasteiger partial charge in [-0.3, -0.25) is 0 Å². The molecule has 1 aromatic carbocycles. The van der Waals surface area contributed by atoms with Crippen LogP contribution in [0.15, 0.2) is 54.7 Å². The van der Waals surface area contributed by atoms with Gasteiger partial charge in [0.25, 0.3) is 0 Å². The van der Waals surface area contributed by atoms with Gasteiger partial charge < -0.3 is 15.4 Å². The second-order valence-electron chi connectivity index (χ2n) is 9.04. The fraction of sp³-hybridized carbons (Fsp3) is 0.346. The summed E-state index contributed by atoms with van der Waals surface area (Å²) in [5.41, 5.74) is 5.25. The van der Waals surface area contributed by atoms with E-state index >= 15 is 0 Å². The van der Waals surface area contributed by atoms with Crippen LogP contribution in [0.1, 0.15) is 30.9 Å². The number of nitrogens with one attached hydrogen (secondary N) is 2. The highest BCUT2D eigenvalue weighted by Gasteiger charge is 2.30. The molecule has 1 saturated heterocycles. The van der Waals surface area contributed by atoms with E-state index in [-0.39, 0.29) is 6.04 Å². The monoisotopic (exact) mass is 458 g/mol. The Morgan fingerprint density at radius 3 is 2.71 bits per heavy atom. The lowest BCUT2D eigenvalue weighted by Crippen LogP contribution is -2.46. The van der Waals surface area contributed by atoms with Crippen molar-refractivity contribution in [1.29, 1.82) is 0 Å². The molecule has 1 saturated carbocycles. The lowest BCUT2D eigenvalue weighted by atomic mass is 10.0. The van der Waals surface area contributed by atoms with E-state index in [1.54, 1.807) is 13.3 Å². The molecule has 1 aliphatic heterocycles. The molecule has 0 radical (unpaired) electrons. The van der Waals surface area contributed by atoms with Gasteiger partial charge in [0.15, 0.2) is 5.65 Å². The van der Waals surface area contributed by atoms with Gasteiger partial charge in [-0.1, -0.05) is 30.3 Å². The van der Waals surface area contributed by atoms with Crippen LogP contribution < -0.4 is 15.4 Å². The van der Waals surface area contributed by atoms with Gasteiger partial charge in [-0.05, 0) is 49.1 Å². The average molecular weight is 459 g/mol. The molecule has 2 fully saturated rings. The summed E-state index contributed by atoms with van der Waals surface area (Å²) in [5.74, 6) is 1.84. The van der Waals surface area contributed by atoms with Crippen LogP contribution >= 0.6 is 0 Å². The third-order valence-electron chi connectivity index (χ3n) is 6.59. The molecule has 8 heteroatoms. The number of anilines is 1. The van der Waals surface area contributed by atoms with E-state index in [0.29, 0.717) is 36.9 Å². The van der Waals surface area contributed by atoms with E-state index in [0.717, 1.165) is 46.8 Å². The van der Waals surface area contributed by atoms with E-state index in [2.05, 4.69) is 27.8 Å². The molecule has 6 rings (SSSR count). The first-order valence-electron chi connectivity index (χ1n) is 11.8. The Balaban J connectivity index is 1.46. The van der Waals surface area contributed by atoms with Gasteiger partial charge in [0.05, 0.1) is 25.0 Å². The largest absolute Gasteiger partial charge is 0.495 e. The topological polar surface area (TPSA) is 76.4 Å². The minimum absolute atomic E-state index is 0.328. The maximum absolute atomic E-state index is 14.6. The molecule has 3 aromatic heterocycles. The Hall–Kier alpha value is -3.52. The van der Waals surface area contributed by atoms with Crippen LogP contribution in [0.2, 0.25) is 0 Å². The number of nitrogens with zero attached hydrogens (tertiary/aromatic N) is 4. The summed E-state index contributed by atoms with van der Waals surface area (Å²) in [5, 5.41) is 11.5. The first-order chi connectivity index (χ1) is 16.7. The quantitative estimate of drug-likeness (QED) is 0.444. The summed E-state index contributed by atoms with van der Waals surface area (Å²) in [7, 11) is 1.67. The zero-order chi connectivity index (χ0) is 23.1. The molecule has 0 spiro atoms. The van der Waals surface area contributed by atoms with Crippen molar-refractivity contribution in [3.8, 4) is 28.3 Å². The molecular weight excluding hydrogens is 431 g/mol. The van der Waals surface area contributed by atoms with Crippen molar-refractivity contribution in [2.24, 2.45) is 0 Å². The number of benzene rings is 1. The number of imidazole rings is 1. The molecule has 2 atom stereocenters. The Kier molecular flexibility index (Phi) is 5.37. The Labute approximate surface area is 197 Å². The predicted octanol–water partition coefficient (Wildman–Crippen LogP) is 4.46. The standard InChI is InChI=1S/C26H27FN6O/c1-34-23-13-25-29-15-22(33(25)32-26(23)17-7-8-17)20-11-18(16-5-3-2-4-6-16)12-24(30-20)31-21-14-28-10-9-19(21)27/h2-6,11-13,15,17,19,21,28H,7-10,14H2,1H3,(H,30,31)/t19-,21-/m0/s1. The zero-order valence-electron chi connectivity index (χ0n) is 19.0. The van der Waals surface area contributed by atoms with Gasteiger partial charge in [0, 0.05) is 18.5 Å². The molecule has 0 unspecified atom stereocenters. The molecular formula is C26H27FN6O. The molecule has 7 nitrogen and oxygen atoms in total. The number of rotatable bonds is 6. The van der Waals surface area contributed by atoms with Crippen molar-refractivity contribution >= 4 is 11.5 Å². The van der Waals surface area contributed by atoms with E-state index in [1.807, 2.05) is 40.9 Å². The molecule has 0 amide bonds. The smallest absolute Gasteiger partial charge is 0.157 e. The molecule has 4 aromatic rings. The number of piperidine rings is 1. The number of aromatic nitrogens is 4. The van der Waals surface area contributed by atoms with Crippen molar-refractivity contribution in [2.75, 3.05) is 25.5 Å². The number of ether oxygens (including phenoxy) is 1. The number of hydrogen-bond donors (Lipinski definition) is 2. The highest BCUT2D eigenvalue weighted by Crippen LogP contribution is 2.43. The third-order valence-corrected chi connectivity index (χ3v) is 6.59. The van der Waals surface area contributed by atoms with E-state index in [4.69, 9.17) is 14.8 Å². The van der Waals surface area contributed by atoms with Gasteiger partial charge in [-0.2, -0.15) is 5.10 Å². The van der Waals surface area contributed by atoms with Gasteiger partial charge in [-0.25, -0.2) is 18.9 Å². The van der Waals surface area contributed by atoms with Crippen molar-refractivity contribution < 1.29 is 9.13 Å². The fourth-order valence-electron chi connectivity index (χ4n) is 4.58. The number of fused-ring (bicyclic) bond motifs is 1. The molecule has 2 aliphatic rings. The van der Waals surface area contributed by atoms with Crippen LogP contribution in [0.3, 0.4) is 0 Å². The van der Waals surface area contributed by atoms with Gasteiger partial charge in [0.2, 0.25) is 0 Å². The second-order valence-corrected chi connectivity index (χ2v) is 9.04. The molecule has 0 bridgehead atoms. The summed E-state index contributed by atoms with van der Waals surface area (Å²) >= 11 is 0. The molecule has 34 heavy (non-hydrogen) atoms. The minimum atomic E-state index is -0.919. The molecule has 2 N–H and O–H groups in total. The van der Waals surface area contributed by atoms with Crippen LogP contribution in [0.4, 0.5) is 10.2 Å². The summed E-state index contributed by atoms with van der Waals surface area (Å²) in [6.45, 7) is 1.26. The van der Waals surface area contributed by atoms with Crippen LogP contribution in [-0.2, 0) is 0 Å². The minimum Gasteiger partial charge on any atom is -0.495 e. The van der Waals surface area contributed by atoms with Crippen LogP contribution in [0, 0.1) is 0 Å². The fourth-order valence-corrected chi connectivity index (χ4v) is 4.58. The van der Waals surface area contributed by atoms with E-state index < -0.39 is 6.17 Å². The maximum Gasteiger partial charge on any atom is 0.157 e. The average Bonchev–Trinajstić information content (AvgIpc) is 3.64. The van der Waals surface area contributed by atoms with Crippen LogP contribution in [-0.4, -0.2) is 52.0 Å². The number of methoxy groups -OCH3 is 1. The summed E-state index contributed by atoms with van der Waals surface area (Å²) in [4.78, 5) is 9.45. The summed E-state index contributed by atoms with van der Waals surface area (Å²) < 4.78 is 22.0. The van der Waals surface area contributed by atoms with E-state index in [1.165, 1.54) is 0 Å². The van der Waals surface area contributed by atoms with Crippen molar-refractivity contribution in [3.05, 3.63) is 60.4 Å². The highest BCUT2D eigenvalue weighted by atomic mass is 19.1. The van der Waals surface area contributed by atoms with Crippen molar-refractivity contribution in [2.45, 2.75) is 37.4 Å². The number of alkyl halides is 1. The number of hydrogen-bond acceptors (Lipinski definition) is 6. The number of halogens is 1. The molecule has 1 aliphatic carbocycles. The molecule has 4 heterocycles. The first-order valence-corrected chi connectivity index (χ1v) is 11.8. The van der Waals surface area contributed by atoms with Crippen molar-refractivity contribution in [1.82, 2.24) is 24.9 Å². The normalized spacial score (nSPS) is 20.4. The SMILES string of the molecule is COc1cc2ncc(-c3cc(-c4ccccc4)cc(N[C@H]4CNCC[C@@H]4F)n3)n2nc1C1CC1. The Morgan fingerprint density at radius 2 is 1.94 bits per heavy atom. The second kappa shape index (κ2) is 8.68. The first kappa shape index (κ1) is 21.0. The van der Waals surface area contributed by atoms with E-state index in [9.17, 15) is 4.39 Å². The van der Waals surface area contributed by atoms with Gasteiger partial charge in [-0.15, -0.1) is 0 Å². The van der Waals surface area contributed by atoms with Crippen LogP contribution in [0.5, 0.6) is 5.75 Å². The lowest BCUT2D eigenvalue weighted by molar-refractivity contribution is 0.241. The maximum atomic E-state index is 14.6. The zero-order valence-corrected chi connectivity index (χ0v) is 19.0. The summed E-state index contributed by atoms with van der Waals surface area (Å²) in [6.07, 6.45) is 3.60. The Morgan fingerprint density at radius 1 is 1.09 bits per heavy atom. The third kappa shape index (κ3) is 3.98. The lowest BCUT2D eigenvalue weighted by Gasteiger charge is -2.28. The summed E-state index contributed by atoms with van der Waals surface area (Å²) in [6, 6.07) is 15.8. The predicted molar refractivity (Wildman–Crippen MR) is 130 cm³/mol. The Bertz CT molecular complexity index is 1320. The van der Waals surface area contributed by atoms with Crippen LogP contribution in [0.25, 0.3) is 28.2 Å². The van der Waals surface area contributed by atoms with Gasteiger partial charge in [0.1, 0.15) is 29.1 Å². The van der Waals surface area contributed by atoms with Gasteiger partial charge >= 0.3 is 0 Å². The highest BCUT2D eigenvalue weighted by molar-refractivity contribution is 5.73. The molecule has 174 valence electrons. The van der Waals surface area contributed by atoms with Crippen molar-refractivity contribution in [3.63, 3.8) is 0 Å². The number of pyridine rings is 1.